The summed E-state index contributed by atoms with van der Waals surface area (Å²) in [4.78, 5) is 10.9. The van der Waals surface area contributed by atoms with Crippen molar-refractivity contribution in [3.63, 3.8) is 0 Å². The van der Waals surface area contributed by atoms with Crippen molar-refractivity contribution in [2.45, 2.75) is 17.4 Å². The minimum atomic E-state index is -4.01. The van der Waals surface area contributed by atoms with E-state index < -0.39 is 31.9 Å². The molecule has 2 rings (SSSR count). The lowest BCUT2D eigenvalue weighted by Crippen LogP contribution is -2.35. The van der Waals surface area contributed by atoms with Gasteiger partial charge in [-0.15, -0.1) is 0 Å². The summed E-state index contributed by atoms with van der Waals surface area (Å²) in [6.45, 7) is 0. The molecule has 0 unspecified atom stereocenters. The minimum Gasteiger partial charge on any atom is -0.496 e. The predicted octanol–water partition coefficient (Wildman–Crippen LogP) is -0.141. The number of nitrogens with one attached hydrogen (secondary N) is 1. The fourth-order valence-electron chi connectivity index (χ4n) is 2.20. The molecular weight excluding hydrogens is 334 g/mol. The molecule has 10 heteroatoms. The molecule has 1 aromatic rings. The molecular formula is C12H15NO7S2. The number of rotatable bonds is 5. The van der Waals surface area contributed by atoms with Gasteiger partial charge in [-0.05, 0) is 24.6 Å². The van der Waals surface area contributed by atoms with Crippen LogP contribution in [0.25, 0.3) is 0 Å². The quantitative estimate of drug-likeness (QED) is 0.757. The molecule has 1 aliphatic heterocycles. The number of ether oxygens (including phenoxy) is 1. The van der Waals surface area contributed by atoms with E-state index in [4.69, 9.17) is 9.84 Å². The minimum absolute atomic E-state index is 0.0369. The smallest absolute Gasteiger partial charge is 0.339 e. The van der Waals surface area contributed by atoms with Gasteiger partial charge >= 0.3 is 5.97 Å². The van der Waals surface area contributed by atoms with Crippen molar-refractivity contribution in [1.82, 2.24) is 4.72 Å². The largest absolute Gasteiger partial charge is 0.496 e. The first-order valence-electron chi connectivity index (χ1n) is 6.29. The van der Waals surface area contributed by atoms with Crippen molar-refractivity contribution >= 4 is 25.8 Å². The van der Waals surface area contributed by atoms with Crippen LogP contribution in [-0.2, 0) is 19.9 Å². The SMILES string of the molecule is COc1ccc(S(=O)(=O)N[C@H]2CCS(=O)(=O)C2)cc1C(=O)O. The molecule has 0 bridgehead atoms. The Bertz CT molecular complexity index is 799. The average molecular weight is 349 g/mol. The summed E-state index contributed by atoms with van der Waals surface area (Å²) < 4.78 is 54.3. The number of carboxylic acid groups (broad SMARTS) is 1. The fraction of sp³-hybridized carbons (Fsp3) is 0.417. The van der Waals surface area contributed by atoms with Crippen LogP contribution in [0, 0.1) is 0 Å². The maximum Gasteiger partial charge on any atom is 0.339 e. The molecule has 8 nitrogen and oxygen atoms in total. The number of carboxylic acids is 1. The summed E-state index contributed by atoms with van der Waals surface area (Å²) in [6, 6.07) is 2.72. The zero-order valence-corrected chi connectivity index (χ0v) is 13.3. The summed E-state index contributed by atoms with van der Waals surface area (Å²) in [5, 5.41) is 9.07. The van der Waals surface area contributed by atoms with Gasteiger partial charge in [0.05, 0.1) is 23.5 Å². The third-order valence-corrected chi connectivity index (χ3v) is 6.55. The third kappa shape index (κ3) is 3.57. The first-order valence-corrected chi connectivity index (χ1v) is 9.59. The number of sulfonamides is 1. The van der Waals surface area contributed by atoms with Gasteiger partial charge < -0.3 is 9.84 Å². The third-order valence-electron chi connectivity index (χ3n) is 3.27. The zero-order chi connectivity index (χ0) is 16.5. The van der Waals surface area contributed by atoms with E-state index in [9.17, 15) is 21.6 Å². The van der Waals surface area contributed by atoms with Crippen LogP contribution in [0.5, 0.6) is 5.75 Å². The Kier molecular flexibility index (Phi) is 4.45. The molecule has 0 spiro atoms. The van der Waals surface area contributed by atoms with Gasteiger partial charge in [-0.2, -0.15) is 0 Å². The van der Waals surface area contributed by atoms with Crippen molar-refractivity contribution in [2.75, 3.05) is 18.6 Å². The first kappa shape index (κ1) is 16.7. The van der Waals surface area contributed by atoms with Crippen molar-refractivity contribution < 1.29 is 31.5 Å². The molecule has 0 aromatic heterocycles. The van der Waals surface area contributed by atoms with E-state index in [1.807, 2.05) is 0 Å². The summed E-state index contributed by atoms with van der Waals surface area (Å²) in [5.41, 5.74) is -0.288. The second kappa shape index (κ2) is 5.86. The Morgan fingerprint density at radius 2 is 2.09 bits per heavy atom. The molecule has 0 aliphatic carbocycles. The van der Waals surface area contributed by atoms with Gasteiger partial charge in [0.1, 0.15) is 11.3 Å². The van der Waals surface area contributed by atoms with Gasteiger partial charge in [0.2, 0.25) is 10.0 Å². The molecule has 122 valence electrons. The van der Waals surface area contributed by atoms with Crippen LogP contribution in [0.3, 0.4) is 0 Å². The lowest BCUT2D eigenvalue weighted by atomic mass is 10.2. The number of sulfone groups is 1. The number of benzene rings is 1. The standard InChI is InChI=1S/C12H15NO7S2/c1-20-11-3-2-9(6-10(11)12(14)15)22(18,19)13-8-4-5-21(16,17)7-8/h2-3,6,8,13H,4-5,7H2,1H3,(H,14,15)/t8-/m0/s1. The van der Waals surface area contributed by atoms with E-state index in [2.05, 4.69) is 4.72 Å². The van der Waals surface area contributed by atoms with Crippen molar-refractivity contribution in [3.8, 4) is 5.75 Å². The number of hydrogen-bond acceptors (Lipinski definition) is 6. The fourth-order valence-corrected chi connectivity index (χ4v) is 5.27. The summed E-state index contributed by atoms with van der Waals surface area (Å²) in [7, 11) is -5.96. The van der Waals surface area contributed by atoms with E-state index in [-0.39, 0.29) is 34.1 Å². The van der Waals surface area contributed by atoms with Crippen LogP contribution in [-0.4, -0.2) is 52.6 Å². The molecule has 0 saturated carbocycles. The summed E-state index contributed by atoms with van der Waals surface area (Å²) in [6.07, 6.45) is 0.198. The summed E-state index contributed by atoms with van der Waals surface area (Å²) >= 11 is 0. The van der Waals surface area contributed by atoms with Gasteiger partial charge in [-0.1, -0.05) is 0 Å². The van der Waals surface area contributed by atoms with Crippen LogP contribution in [0.1, 0.15) is 16.8 Å². The second-order valence-corrected chi connectivity index (χ2v) is 8.83. The molecule has 1 heterocycles. The molecule has 1 saturated heterocycles. The van der Waals surface area contributed by atoms with Gasteiger partial charge in [-0.25, -0.2) is 26.4 Å². The molecule has 1 aromatic carbocycles. The highest BCUT2D eigenvalue weighted by Gasteiger charge is 2.31. The highest BCUT2D eigenvalue weighted by molar-refractivity contribution is 7.92. The second-order valence-electron chi connectivity index (χ2n) is 4.89. The topological polar surface area (TPSA) is 127 Å². The maximum atomic E-state index is 12.2. The predicted molar refractivity (Wildman–Crippen MR) is 77.3 cm³/mol. The molecule has 0 amide bonds. The molecule has 22 heavy (non-hydrogen) atoms. The lowest BCUT2D eigenvalue weighted by molar-refractivity contribution is 0.0693. The van der Waals surface area contributed by atoms with Gasteiger partial charge in [0.15, 0.2) is 9.84 Å². The van der Waals surface area contributed by atoms with Crippen LogP contribution in [0.2, 0.25) is 0 Å². The Morgan fingerprint density at radius 1 is 1.41 bits per heavy atom. The van der Waals surface area contributed by atoms with Crippen molar-refractivity contribution in [3.05, 3.63) is 23.8 Å². The van der Waals surface area contributed by atoms with Gasteiger partial charge in [0.25, 0.3) is 0 Å². The average Bonchev–Trinajstić information content (AvgIpc) is 2.76. The first-order chi connectivity index (χ1) is 10.1. The van der Waals surface area contributed by atoms with E-state index in [1.54, 1.807) is 0 Å². The van der Waals surface area contributed by atoms with Crippen LogP contribution < -0.4 is 9.46 Å². The Labute approximate surface area is 128 Å². The molecule has 1 fully saturated rings. The van der Waals surface area contributed by atoms with Gasteiger partial charge in [0, 0.05) is 6.04 Å². The lowest BCUT2D eigenvalue weighted by Gasteiger charge is -2.13. The highest BCUT2D eigenvalue weighted by Crippen LogP contribution is 2.23. The number of carbonyl (C=O) groups is 1. The Hall–Kier alpha value is -1.65. The van der Waals surface area contributed by atoms with E-state index in [0.717, 1.165) is 6.07 Å². The zero-order valence-electron chi connectivity index (χ0n) is 11.6. The van der Waals surface area contributed by atoms with E-state index >= 15 is 0 Å². The molecule has 2 N–H and O–H groups in total. The van der Waals surface area contributed by atoms with Crippen molar-refractivity contribution in [2.24, 2.45) is 0 Å². The van der Waals surface area contributed by atoms with E-state index in [0.29, 0.717) is 0 Å². The number of hydrogen-bond donors (Lipinski definition) is 2. The summed E-state index contributed by atoms with van der Waals surface area (Å²) in [5.74, 6) is -1.61. The Morgan fingerprint density at radius 3 is 2.59 bits per heavy atom. The van der Waals surface area contributed by atoms with Gasteiger partial charge in [-0.3, -0.25) is 0 Å². The maximum absolute atomic E-state index is 12.2. The molecule has 1 aliphatic rings. The van der Waals surface area contributed by atoms with E-state index in [1.165, 1.54) is 19.2 Å². The normalized spacial score (nSPS) is 20.7. The van der Waals surface area contributed by atoms with Crippen LogP contribution in [0.15, 0.2) is 23.1 Å². The molecule has 1 atom stereocenters. The van der Waals surface area contributed by atoms with Crippen LogP contribution in [0.4, 0.5) is 0 Å². The van der Waals surface area contributed by atoms with Crippen molar-refractivity contribution in [1.29, 1.82) is 0 Å². The monoisotopic (exact) mass is 349 g/mol. The number of aromatic carboxylic acids is 1. The number of methoxy groups -OCH3 is 1. The Balaban J connectivity index is 2.30. The highest BCUT2D eigenvalue weighted by atomic mass is 32.2. The molecule has 0 radical (unpaired) electrons. The van der Waals surface area contributed by atoms with Crippen LogP contribution >= 0.6 is 0 Å².